The van der Waals surface area contributed by atoms with E-state index in [0.717, 1.165) is 17.5 Å². The lowest BCUT2D eigenvalue weighted by Crippen LogP contribution is -2.58. The normalized spacial score (nSPS) is 31.4. The minimum absolute atomic E-state index is 0.000810. The van der Waals surface area contributed by atoms with Gasteiger partial charge in [-0.25, -0.2) is 0 Å². The lowest BCUT2D eigenvalue weighted by atomic mass is 9.72. The van der Waals surface area contributed by atoms with E-state index in [0.29, 0.717) is 6.04 Å². The smallest absolute Gasteiger partial charge is 0.0602 e. The molecular formula is C16H23ClN2. The van der Waals surface area contributed by atoms with Gasteiger partial charge in [-0.15, -0.1) is 0 Å². The Hall–Kier alpha value is -0.570. The fourth-order valence-electron chi connectivity index (χ4n) is 3.51. The number of likely N-dealkylation sites (N-methyl/N-ethyl adjacent to an activating group) is 1. The first kappa shape index (κ1) is 13.4. The quantitative estimate of drug-likeness (QED) is 0.882. The predicted octanol–water partition coefficient (Wildman–Crippen LogP) is 3.45. The second-order valence-corrected chi connectivity index (χ2v) is 6.35. The molecule has 0 spiro atoms. The van der Waals surface area contributed by atoms with Crippen molar-refractivity contribution in [2.24, 2.45) is 0 Å². The Labute approximate surface area is 120 Å². The van der Waals surface area contributed by atoms with Crippen LogP contribution in [0.3, 0.4) is 0 Å². The van der Waals surface area contributed by atoms with Gasteiger partial charge >= 0.3 is 0 Å². The van der Waals surface area contributed by atoms with Gasteiger partial charge in [-0.05, 0) is 44.4 Å². The Bertz CT molecular complexity index is 444. The van der Waals surface area contributed by atoms with Gasteiger partial charge in [0.05, 0.1) is 5.54 Å². The first-order chi connectivity index (χ1) is 9.26. The highest BCUT2D eigenvalue weighted by atomic mass is 35.5. The van der Waals surface area contributed by atoms with Crippen molar-refractivity contribution in [3.63, 3.8) is 0 Å². The molecule has 2 aliphatic carbocycles. The van der Waals surface area contributed by atoms with Crippen molar-refractivity contribution in [3.05, 3.63) is 34.9 Å². The van der Waals surface area contributed by atoms with Crippen LogP contribution in [0.25, 0.3) is 0 Å². The van der Waals surface area contributed by atoms with E-state index in [9.17, 15) is 0 Å². The minimum atomic E-state index is -0.000810. The van der Waals surface area contributed by atoms with E-state index in [2.05, 4.69) is 29.8 Å². The maximum Gasteiger partial charge on any atom is 0.0602 e. The third kappa shape index (κ3) is 2.54. The number of hydrogen-bond donors (Lipinski definition) is 2. The largest absolute Gasteiger partial charge is 0.309 e. The summed E-state index contributed by atoms with van der Waals surface area (Å²) in [5.41, 5.74) is 1.26. The Morgan fingerprint density at radius 2 is 1.95 bits per heavy atom. The summed E-state index contributed by atoms with van der Waals surface area (Å²) >= 11 is 6.48. The summed E-state index contributed by atoms with van der Waals surface area (Å²) in [6, 6.07) is 9.55. The van der Waals surface area contributed by atoms with Crippen LogP contribution < -0.4 is 10.6 Å². The second-order valence-electron chi connectivity index (χ2n) is 5.94. The molecule has 104 valence electrons. The Kier molecular flexibility index (Phi) is 3.84. The van der Waals surface area contributed by atoms with Crippen LogP contribution in [-0.4, -0.2) is 19.1 Å². The van der Waals surface area contributed by atoms with Crippen LogP contribution in [-0.2, 0) is 5.54 Å². The fourth-order valence-corrected chi connectivity index (χ4v) is 3.82. The highest BCUT2D eigenvalue weighted by Crippen LogP contribution is 2.41. The number of benzene rings is 1. The highest BCUT2D eigenvalue weighted by molar-refractivity contribution is 6.31. The van der Waals surface area contributed by atoms with E-state index in [1.807, 2.05) is 12.1 Å². The van der Waals surface area contributed by atoms with Gasteiger partial charge in [-0.1, -0.05) is 42.6 Å². The molecule has 19 heavy (non-hydrogen) atoms. The second kappa shape index (κ2) is 5.43. The lowest BCUT2D eigenvalue weighted by Gasteiger charge is -2.45. The van der Waals surface area contributed by atoms with Gasteiger partial charge in [-0.2, -0.15) is 0 Å². The summed E-state index contributed by atoms with van der Waals surface area (Å²) in [4.78, 5) is 0. The molecule has 2 fully saturated rings. The molecule has 3 heteroatoms. The maximum atomic E-state index is 6.48. The standard InChI is InChI=1S/C16H23ClN2/c1-18-16(13-6-2-3-7-14(13)17)11-5-4-8-15(16)19-12-9-10-12/h2-3,6-7,12,15,18-19H,4-5,8-11H2,1H3/t15-,16+/m1/s1. The summed E-state index contributed by atoms with van der Waals surface area (Å²) in [6.07, 6.45) is 7.66. The first-order valence-corrected chi connectivity index (χ1v) is 7.84. The van der Waals surface area contributed by atoms with Gasteiger partial charge < -0.3 is 10.6 Å². The van der Waals surface area contributed by atoms with E-state index in [1.165, 1.54) is 37.7 Å². The van der Waals surface area contributed by atoms with E-state index >= 15 is 0 Å². The Balaban J connectivity index is 1.95. The highest BCUT2D eigenvalue weighted by Gasteiger charge is 2.43. The van der Waals surface area contributed by atoms with Crippen molar-refractivity contribution >= 4 is 11.6 Å². The molecule has 2 N–H and O–H groups in total. The van der Waals surface area contributed by atoms with Crippen molar-refractivity contribution < 1.29 is 0 Å². The molecule has 2 aliphatic rings. The zero-order valence-electron chi connectivity index (χ0n) is 11.6. The molecular weight excluding hydrogens is 256 g/mol. The number of hydrogen-bond acceptors (Lipinski definition) is 2. The Morgan fingerprint density at radius 1 is 1.16 bits per heavy atom. The summed E-state index contributed by atoms with van der Waals surface area (Å²) < 4.78 is 0. The molecule has 2 saturated carbocycles. The van der Waals surface area contributed by atoms with Gasteiger partial charge in [0.1, 0.15) is 0 Å². The van der Waals surface area contributed by atoms with Gasteiger partial charge in [0, 0.05) is 17.1 Å². The minimum Gasteiger partial charge on any atom is -0.309 e. The third-order valence-corrected chi connectivity index (χ3v) is 5.05. The van der Waals surface area contributed by atoms with Crippen LogP contribution in [0.4, 0.5) is 0 Å². The SMILES string of the molecule is CN[C@]1(c2ccccc2Cl)CCCC[C@H]1NC1CC1. The molecule has 0 aromatic heterocycles. The van der Waals surface area contributed by atoms with E-state index in [-0.39, 0.29) is 5.54 Å². The predicted molar refractivity (Wildman–Crippen MR) is 80.6 cm³/mol. The molecule has 0 heterocycles. The van der Waals surface area contributed by atoms with Crippen LogP contribution in [0.5, 0.6) is 0 Å². The summed E-state index contributed by atoms with van der Waals surface area (Å²) in [5.74, 6) is 0. The topological polar surface area (TPSA) is 24.1 Å². The van der Waals surface area contributed by atoms with E-state index in [1.54, 1.807) is 0 Å². The van der Waals surface area contributed by atoms with Crippen LogP contribution in [0, 0.1) is 0 Å². The third-order valence-electron chi connectivity index (χ3n) is 4.72. The van der Waals surface area contributed by atoms with Crippen molar-refractivity contribution in [2.75, 3.05) is 7.05 Å². The molecule has 1 aromatic carbocycles. The molecule has 0 saturated heterocycles. The summed E-state index contributed by atoms with van der Waals surface area (Å²) in [7, 11) is 2.08. The Morgan fingerprint density at radius 3 is 2.63 bits per heavy atom. The monoisotopic (exact) mass is 278 g/mol. The van der Waals surface area contributed by atoms with Crippen LogP contribution in [0.2, 0.25) is 5.02 Å². The maximum absolute atomic E-state index is 6.48. The van der Waals surface area contributed by atoms with Gasteiger partial charge in [0.15, 0.2) is 0 Å². The van der Waals surface area contributed by atoms with Gasteiger partial charge in [0.2, 0.25) is 0 Å². The van der Waals surface area contributed by atoms with E-state index in [4.69, 9.17) is 11.6 Å². The van der Waals surface area contributed by atoms with Crippen molar-refractivity contribution in [1.82, 2.24) is 10.6 Å². The first-order valence-electron chi connectivity index (χ1n) is 7.46. The molecule has 0 radical (unpaired) electrons. The molecule has 0 bridgehead atoms. The van der Waals surface area contributed by atoms with Crippen LogP contribution in [0.1, 0.15) is 44.1 Å². The summed E-state index contributed by atoms with van der Waals surface area (Å²) in [5, 5.41) is 8.34. The lowest BCUT2D eigenvalue weighted by molar-refractivity contribution is 0.176. The molecule has 0 unspecified atom stereocenters. The van der Waals surface area contributed by atoms with Crippen molar-refractivity contribution in [2.45, 2.75) is 56.1 Å². The molecule has 2 nitrogen and oxygen atoms in total. The van der Waals surface area contributed by atoms with Gasteiger partial charge in [-0.3, -0.25) is 0 Å². The molecule has 0 aliphatic heterocycles. The molecule has 3 rings (SSSR count). The van der Waals surface area contributed by atoms with Gasteiger partial charge in [0.25, 0.3) is 0 Å². The fraction of sp³-hybridized carbons (Fsp3) is 0.625. The van der Waals surface area contributed by atoms with Crippen LogP contribution >= 0.6 is 11.6 Å². The zero-order chi connectivity index (χ0) is 13.3. The number of rotatable bonds is 4. The molecule has 1 aromatic rings. The van der Waals surface area contributed by atoms with Crippen molar-refractivity contribution in [3.8, 4) is 0 Å². The van der Waals surface area contributed by atoms with Crippen molar-refractivity contribution in [1.29, 1.82) is 0 Å². The average molecular weight is 279 g/mol. The average Bonchev–Trinajstić information content (AvgIpc) is 3.24. The zero-order valence-corrected chi connectivity index (χ0v) is 12.3. The summed E-state index contributed by atoms with van der Waals surface area (Å²) in [6.45, 7) is 0. The number of halogens is 1. The molecule has 0 amide bonds. The molecule has 2 atom stereocenters. The van der Waals surface area contributed by atoms with E-state index < -0.39 is 0 Å². The number of nitrogens with one attached hydrogen (secondary N) is 2. The van der Waals surface area contributed by atoms with Crippen LogP contribution in [0.15, 0.2) is 24.3 Å².